The highest BCUT2D eigenvalue weighted by Gasteiger charge is 2.16. The zero-order chi connectivity index (χ0) is 12.7. The van der Waals surface area contributed by atoms with Crippen molar-refractivity contribution >= 4 is 34.4 Å². The van der Waals surface area contributed by atoms with Gasteiger partial charge in [0.25, 0.3) is 5.56 Å². The van der Waals surface area contributed by atoms with E-state index in [0.717, 1.165) is 0 Å². The van der Waals surface area contributed by atoms with E-state index in [4.69, 9.17) is 23.2 Å². The Hall–Kier alpha value is -1.27. The van der Waals surface area contributed by atoms with Crippen LogP contribution in [-0.2, 0) is 13.6 Å². The number of H-pyrrole nitrogens is 1. The van der Waals surface area contributed by atoms with Crippen LogP contribution in [0.15, 0.2) is 9.59 Å². The van der Waals surface area contributed by atoms with Crippen molar-refractivity contribution < 1.29 is 0 Å². The van der Waals surface area contributed by atoms with Crippen molar-refractivity contribution in [2.24, 2.45) is 7.05 Å². The number of aryl methyl sites for hydroxylation is 1. The van der Waals surface area contributed by atoms with E-state index < -0.39 is 11.2 Å². The molecule has 17 heavy (non-hydrogen) atoms. The SMILES string of the molecule is CC(Cl)Cn1c(Cl)nc2c1c(=O)[nH]c(=O)n2C. The number of halogens is 2. The fraction of sp³-hybridized carbons (Fsp3) is 0.444. The number of aromatic amines is 1. The molecule has 0 amide bonds. The molecule has 1 unspecified atom stereocenters. The van der Waals surface area contributed by atoms with Crippen LogP contribution < -0.4 is 11.2 Å². The topological polar surface area (TPSA) is 72.7 Å². The predicted octanol–water partition coefficient (Wildman–Crippen LogP) is 0.704. The van der Waals surface area contributed by atoms with Crippen LogP contribution in [0.4, 0.5) is 0 Å². The molecule has 0 saturated carbocycles. The molecule has 1 N–H and O–H groups in total. The lowest BCUT2D eigenvalue weighted by molar-refractivity contribution is 0.701. The van der Waals surface area contributed by atoms with Gasteiger partial charge in [-0.2, -0.15) is 4.98 Å². The largest absolute Gasteiger partial charge is 0.329 e. The van der Waals surface area contributed by atoms with Gasteiger partial charge in [-0.25, -0.2) is 4.79 Å². The Balaban J connectivity index is 2.87. The number of hydrogen-bond acceptors (Lipinski definition) is 3. The average molecular weight is 277 g/mol. The average Bonchev–Trinajstić information content (AvgIpc) is 2.53. The van der Waals surface area contributed by atoms with Crippen LogP contribution in [0, 0.1) is 0 Å². The van der Waals surface area contributed by atoms with Crippen molar-refractivity contribution in [1.29, 1.82) is 0 Å². The van der Waals surface area contributed by atoms with Gasteiger partial charge in [0.05, 0.1) is 0 Å². The minimum absolute atomic E-state index is 0.138. The molecule has 0 radical (unpaired) electrons. The number of imidazole rings is 1. The summed E-state index contributed by atoms with van der Waals surface area (Å²) < 4.78 is 2.73. The number of nitrogens with one attached hydrogen (secondary N) is 1. The second kappa shape index (κ2) is 4.19. The lowest BCUT2D eigenvalue weighted by Gasteiger charge is -2.06. The van der Waals surface area contributed by atoms with Crippen LogP contribution in [0.2, 0.25) is 5.28 Å². The van der Waals surface area contributed by atoms with Crippen LogP contribution in [0.5, 0.6) is 0 Å². The van der Waals surface area contributed by atoms with Crippen molar-refractivity contribution in [3.63, 3.8) is 0 Å². The third kappa shape index (κ3) is 1.98. The first-order chi connectivity index (χ1) is 7.91. The minimum atomic E-state index is -0.525. The van der Waals surface area contributed by atoms with E-state index in [0.29, 0.717) is 6.54 Å². The molecule has 8 heteroatoms. The number of hydrogen-bond donors (Lipinski definition) is 1. The van der Waals surface area contributed by atoms with Gasteiger partial charge in [0.1, 0.15) is 0 Å². The minimum Gasteiger partial charge on any atom is -0.307 e. The molecule has 2 rings (SSSR count). The van der Waals surface area contributed by atoms with E-state index in [1.165, 1.54) is 16.2 Å². The van der Waals surface area contributed by atoms with Gasteiger partial charge in [0, 0.05) is 19.0 Å². The van der Waals surface area contributed by atoms with Crippen LogP contribution in [0.25, 0.3) is 11.2 Å². The number of rotatable bonds is 2. The van der Waals surface area contributed by atoms with Crippen molar-refractivity contribution in [1.82, 2.24) is 19.1 Å². The molecule has 0 fully saturated rings. The maximum Gasteiger partial charge on any atom is 0.329 e. The van der Waals surface area contributed by atoms with Gasteiger partial charge < -0.3 is 4.57 Å². The normalized spacial score (nSPS) is 13.2. The Morgan fingerprint density at radius 3 is 2.71 bits per heavy atom. The summed E-state index contributed by atoms with van der Waals surface area (Å²) in [5, 5.41) is -0.0688. The van der Waals surface area contributed by atoms with Crippen molar-refractivity contribution in [3.05, 3.63) is 26.1 Å². The molecule has 6 nitrogen and oxygen atoms in total. The standard InChI is InChI=1S/C9H10Cl2N4O2/c1-4(10)3-15-5-6(12-8(15)11)14(2)9(17)13-7(5)16/h4H,3H2,1-2H3,(H,13,16,17). The lowest BCUT2D eigenvalue weighted by Crippen LogP contribution is -2.29. The molecule has 0 spiro atoms. The fourth-order valence-electron chi connectivity index (χ4n) is 1.63. The summed E-state index contributed by atoms with van der Waals surface area (Å²) in [6.45, 7) is 2.12. The molecule has 0 aromatic carbocycles. The van der Waals surface area contributed by atoms with Gasteiger partial charge in [-0.15, -0.1) is 11.6 Å². The van der Waals surface area contributed by atoms with Gasteiger partial charge in [-0.3, -0.25) is 14.3 Å². The summed E-state index contributed by atoms with van der Waals surface area (Å²) in [6.07, 6.45) is 0. The van der Waals surface area contributed by atoms with Crippen LogP contribution in [0.3, 0.4) is 0 Å². The number of aromatic nitrogens is 4. The van der Waals surface area contributed by atoms with Crippen molar-refractivity contribution in [3.8, 4) is 0 Å². The summed E-state index contributed by atoms with van der Waals surface area (Å²) in [4.78, 5) is 29.3. The van der Waals surface area contributed by atoms with Crippen LogP contribution in [-0.4, -0.2) is 24.5 Å². The molecule has 0 saturated heterocycles. The summed E-state index contributed by atoms with van der Waals surface area (Å²) >= 11 is 11.8. The monoisotopic (exact) mass is 276 g/mol. The molecule has 0 aliphatic heterocycles. The van der Waals surface area contributed by atoms with E-state index in [-0.39, 0.29) is 21.8 Å². The molecule has 2 heterocycles. The first-order valence-electron chi connectivity index (χ1n) is 4.91. The van der Waals surface area contributed by atoms with Gasteiger partial charge in [-0.05, 0) is 18.5 Å². The van der Waals surface area contributed by atoms with E-state index in [1.54, 1.807) is 6.92 Å². The smallest absolute Gasteiger partial charge is 0.307 e. The maximum absolute atomic E-state index is 11.7. The molecule has 2 aromatic rings. The van der Waals surface area contributed by atoms with E-state index >= 15 is 0 Å². The molecule has 0 bridgehead atoms. The second-order valence-electron chi connectivity index (χ2n) is 3.76. The Morgan fingerprint density at radius 1 is 1.47 bits per heavy atom. The molecule has 2 aromatic heterocycles. The van der Waals surface area contributed by atoms with Crippen molar-refractivity contribution in [2.45, 2.75) is 18.8 Å². The summed E-state index contributed by atoms with van der Waals surface area (Å²) in [5.74, 6) is 0. The molecule has 1 atom stereocenters. The van der Waals surface area contributed by atoms with Crippen molar-refractivity contribution in [2.75, 3.05) is 0 Å². The Bertz CT molecular complexity index is 683. The number of nitrogens with zero attached hydrogens (tertiary/aromatic N) is 3. The number of fused-ring (bicyclic) bond motifs is 1. The van der Waals surface area contributed by atoms with Gasteiger partial charge in [0.15, 0.2) is 11.2 Å². The van der Waals surface area contributed by atoms with E-state index in [9.17, 15) is 9.59 Å². The Labute approximate surface area is 106 Å². The van der Waals surface area contributed by atoms with Gasteiger partial charge >= 0.3 is 5.69 Å². The third-order valence-corrected chi connectivity index (χ3v) is 2.82. The first kappa shape index (κ1) is 12.2. The summed E-state index contributed by atoms with van der Waals surface area (Å²) in [7, 11) is 1.51. The third-order valence-electron chi connectivity index (χ3n) is 2.39. The highest BCUT2D eigenvalue weighted by atomic mass is 35.5. The number of alkyl halides is 1. The zero-order valence-electron chi connectivity index (χ0n) is 9.20. The van der Waals surface area contributed by atoms with Gasteiger partial charge in [0.2, 0.25) is 5.28 Å². The second-order valence-corrected chi connectivity index (χ2v) is 4.85. The Kier molecular flexibility index (Phi) is 3.01. The predicted molar refractivity (Wildman–Crippen MR) is 65.9 cm³/mol. The van der Waals surface area contributed by atoms with E-state index in [2.05, 4.69) is 9.97 Å². The molecular weight excluding hydrogens is 267 g/mol. The summed E-state index contributed by atoms with van der Waals surface area (Å²) in [5.41, 5.74) is -0.534. The van der Waals surface area contributed by atoms with Crippen LogP contribution in [0.1, 0.15) is 6.92 Å². The molecule has 92 valence electrons. The lowest BCUT2D eigenvalue weighted by atomic mass is 10.4. The quantitative estimate of drug-likeness (QED) is 0.649. The fourth-order valence-corrected chi connectivity index (χ4v) is 2.00. The zero-order valence-corrected chi connectivity index (χ0v) is 10.7. The molecular formula is C9H10Cl2N4O2. The summed E-state index contributed by atoms with van der Waals surface area (Å²) in [6, 6.07) is 0. The first-order valence-corrected chi connectivity index (χ1v) is 5.72. The Morgan fingerprint density at radius 2 is 2.12 bits per heavy atom. The maximum atomic E-state index is 11.7. The van der Waals surface area contributed by atoms with E-state index in [1.807, 2.05) is 0 Å². The molecule has 0 aliphatic rings. The van der Waals surface area contributed by atoms with Gasteiger partial charge in [-0.1, -0.05) is 0 Å². The highest BCUT2D eigenvalue weighted by Crippen LogP contribution is 2.16. The molecule has 0 aliphatic carbocycles. The highest BCUT2D eigenvalue weighted by molar-refractivity contribution is 6.29. The van der Waals surface area contributed by atoms with Crippen LogP contribution >= 0.6 is 23.2 Å².